The Morgan fingerprint density at radius 3 is 2.79 bits per heavy atom. The Morgan fingerprint density at radius 1 is 1.26 bits per heavy atom. The molecule has 2 aliphatic heterocycles. The van der Waals surface area contributed by atoms with Crippen LogP contribution in [0.1, 0.15) is 58.3 Å². The first-order valence-electron chi connectivity index (χ1n) is 8.42. The lowest BCUT2D eigenvalue weighted by atomic mass is 9.90. The molecule has 0 amide bonds. The molecular formula is C16H30N2O. The zero-order chi connectivity index (χ0) is 13.1. The summed E-state index contributed by atoms with van der Waals surface area (Å²) in [6, 6.07) is 0.704. The van der Waals surface area contributed by atoms with Gasteiger partial charge < -0.3 is 10.1 Å². The molecule has 0 bridgehead atoms. The zero-order valence-electron chi connectivity index (χ0n) is 12.5. The van der Waals surface area contributed by atoms with Gasteiger partial charge in [0, 0.05) is 37.8 Å². The van der Waals surface area contributed by atoms with Gasteiger partial charge in [0.25, 0.3) is 0 Å². The molecule has 2 atom stereocenters. The van der Waals surface area contributed by atoms with Crippen LogP contribution < -0.4 is 5.32 Å². The van der Waals surface area contributed by atoms with Crippen molar-refractivity contribution in [2.45, 2.75) is 76.0 Å². The minimum Gasteiger partial charge on any atom is -0.378 e. The summed E-state index contributed by atoms with van der Waals surface area (Å²) in [6.07, 6.45) is 11.3. The highest BCUT2D eigenvalue weighted by molar-refractivity contribution is 5.01. The van der Waals surface area contributed by atoms with E-state index in [1.807, 2.05) is 0 Å². The Balaban J connectivity index is 1.59. The van der Waals surface area contributed by atoms with E-state index in [0.717, 1.165) is 6.61 Å². The van der Waals surface area contributed by atoms with Crippen molar-refractivity contribution in [1.29, 1.82) is 0 Å². The molecule has 0 radical (unpaired) electrons. The number of nitrogens with one attached hydrogen (secondary N) is 1. The predicted octanol–water partition coefficient (Wildman–Crippen LogP) is 2.55. The van der Waals surface area contributed by atoms with E-state index in [1.165, 1.54) is 71.0 Å². The van der Waals surface area contributed by atoms with Crippen molar-refractivity contribution in [2.75, 3.05) is 26.2 Å². The Morgan fingerprint density at radius 2 is 2.11 bits per heavy atom. The van der Waals surface area contributed by atoms with Gasteiger partial charge in [-0.15, -0.1) is 0 Å². The van der Waals surface area contributed by atoms with Gasteiger partial charge in [-0.25, -0.2) is 0 Å². The summed E-state index contributed by atoms with van der Waals surface area (Å²) >= 11 is 0. The Kier molecular flexibility index (Phi) is 4.45. The van der Waals surface area contributed by atoms with Crippen molar-refractivity contribution < 1.29 is 4.74 Å². The van der Waals surface area contributed by atoms with Gasteiger partial charge in [-0.3, -0.25) is 4.90 Å². The first-order valence-corrected chi connectivity index (χ1v) is 8.42. The molecule has 2 unspecified atom stereocenters. The summed E-state index contributed by atoms with van der Waals surface area (Å²) in [5.41, 5.74) is 0.490. The van der Waals surface area contributed by atoms with E-state index in [0.29, 0.717) is 17.7 Å². The van der Waals surface area contributed by atoms with Gasteiger partial charge in [-0.1, -0.05) is 19.8 Å². The van der Waals surface area contributed by atoms with Crippen molar-refractivity contribution in [3.05, 3.63) is 0 Å². The van der Waals surface area contributed by atoms with Crippen molar-refractivity contribution in [3.63, 3.8) is 0 Å². The lowest BCUT2D eigenvalue weighted by Gasteiger charge is -2.48. The molecule has 3 fully saturated rings. The molecule has 0 aromatic carbocycles. The van der Waals surface area contributed by atoms with Crippen LogP contribution in [0.25, 0.3) is 0 Å². The first-order chi connectivity index (χ1) is 9.32. The summed E-state index contributed by atoms with van der Waals surface area (Å²) in [4.78, 5) is 2.83. The maximum absolute atomic E-state index is 5.81. The van der Waals surface area contributed by atoms with E-state index >= 15 is 0 Å². The highest BCUT2D eigenvalue weighted by Gasteiger charge is 2.42. The second-order valence-corrected chi connectivity index (χ2v) is 6.79. The van der Waals surface area contributed by atoms with E-state index < -0.39 is 0 Å². The Labute approximate surface area is 118 Å². The minimum atomic E-state index is 0.490. The highest BCUT2D eigenvalue weighted by atomic mass is 16.5. The second-order valence-electron chi connectivity index (χ2n) is 6.79. The third-order valence-corrected chi connectivity index (χ3v) is 5.60. The van der Waals surface area contributed by atoms with Crippen LogP contribution in [-0.2, 0) is 4.74 Å². The van der Waals surface area contributed by atoms with Gasteiger partial charge in [-0.2, -0.15) is 0 Å². The van der Waals surface area contributed by atoms with Gasteiger partial charge in [0.2, 0.25) is 0 Å². The van der Waals surface area contributed by atoms with Gasteiger partial charge in [-0.05, 0) is 38.5 Å². The molecule has 1 saturated carbocycles. The van der Waals surface area contributed by atoms with Gasteiger partial charge in [0.15, 0.2) is 0 Å². The van der Waals surface area contributed by atoms with Crippen LogP contribution in [0.4, 0.5) is 0 Å². The average molecular weight is 266 g/mol. The third kappa shape index (κ3) is 2.98. The molecule has 2 heterocycles. The molecule has 1 N–H and O–H groups in total. The standard InChI is InChI=1S/C16H30N2O/c1-2-14-12-18(10-7-15-6-5-11-19-15)16(13-17-14)8-3-4-9-16/h14-15,17H,2-13H2,1H3. The molecule has 0 aromatic heterocycles. The summed E-state index contributed by atoms with van der Waals surface area (Å²) < 4.78 is 5.81. The summed E-state index contributed by atoms with van der Waals surface area (Å²) in [5.74, 6) is 0. The molecule has 1 spiro atoms. The first kappa shape index (κ1) is 13.8. The van der Waals surface area contributed by atoms with Crippen molar-refractivity contribution in [2.24, 2.45) is 0 Å². The molecule has 19 heavy (non-hydrogen) atoms. The number of hydrogen-bond donors (Lipinski definition) is 1. The van der Waals surface area contributed by atoms with Crippen LogP contribution in [0.15, 0.2) is 0 Å². The smallest absolute Gasteiger partial charge is 0.0588 e. The fourth-order valence-electron chi connectivity index (χ4n) is 4.27. The lowest BCUT2D eigenvalue weighted by molar-refractivity contribution is 0.0222. The monoisotopic (exact) mass is 266 g/mol. The highest BCUT2D eigenvalue weighted by Crippen LogP contribution is 2.37. The fraction of sp³-hybridized carbons (Fsp3) is 1.00. The average Bonchev–Trinajstić information content (AvgIpc) is 3.10. The van der Waals surface area contributed by atoms with E-state index in [1.54, 1.807) is 0 Å². The van der Waals surface area contributed by atoms with E-state index in [9.17, 15) is 0 Å². The molecule has 3 aliphatic rings. The van der Waals surface area contributed by atoms with Crippen LogP contribution in [0.2, 0.25) is 0 Å². The van der Waals surface area contributed by atoms with E-state index in [-0.39, 0.29) is 0 Å². The molecule has 3 rings (SSSR count). The number of ether oxygens (including phenoxy) is 1. The predicted molar refractivity (Wildman–Crippen MR) is 78.4 cm³/mol. The van der Waals surface area contributed by atoms with Crippen molar-refractivity contribution >= 4 is 0 Å². The number of nitrogens with zero attached hydrogens (tertiary/aromatic N) is 1. The normalized spacial score (nSPS) is 35.2. The molecule has 3 heteroatoms. The van der Waals surface area contributed by atoms with Crippen molar-refractivity contribution in [1.82, 2.24) is 10.2 Å². The number of rotatable bonds is 4. The molecule has 110 valence electrons. The van der Waals surface area contributed by atoms with Gasteiger partial charge in [0.1, 0.15) is 0 Å². The quantitative estimate of drug-likeness (QED) is 0.846. The van der Waals surface area contributed by atoms with E-state index in [2.05, 4.69) is 17.1 Å². The molecule has 0 aromatic rings. The van der Waals surface area contributed by atoms with Gasteiger partial charge in [0.05, 0.1) is 6.10 Å². The summed E-state index contributed by atoms with van der Waals surface area (Å²) in [5, 5.41) is 3.79. The number of hydrogen-bond acceptors (Lipinski definition) is 3. The zero-order valence-corrected chi connectivity index (χ0v) is 12.5. The van der Waals surface area contributed by atoms with Crippen LogP contribution in [0.3, 0.4) is 0 Å². The third-order valence-electron chi connectivity index (χ3n) is 5.60. The second kappa shape index (κ2) is 6.11. The minimum absolute atomic E-state index is 0.490. The number of piperazine rings is 1. The molecular weight excluding hydrogens is 236 g/mol. The summed E-state index contributed by atoms with van der Waals surface area (Å²) in [7, 11) is 0. The molecule has 1 aliphatic carbocycles. The fourth-order valence-corrected chi connectivity index (χ4v) is 4.27. The SMILES string of the molecule is CCC1CN(CCC2CCCO2)C2(CCCC2)CN1. The maximum Gasteiger partial charge on any atom is 0.0588 e. The lowest BCUT2D eigenvalue weighted by Crippen LogP contribution is -2.63. The molecule has 3 nitrogen and oxygen atoms in total. The van der Waals surface area contributed by atoms with Crippen LogP contribution in [0.5, 0.6) is 0 Å². The Hall–Kier alpha value is -0.120. The maximum atomic E-state index is 5.81. The topological polar surface area (TPSA) is 24.5 Å². The van der Waals surface area contributed by atoms with Crippen LogP contribution in [0, 0.1) is 0 Å². The molecule has 2 saturated heterocycles. The van der Waals surface area contributed by atoms with Crippen LogP contribution >= 0.6 is 0 Å². The van der Waals surface area contributed by atoms with Crippen molar-refractivity contribution in [3.8, 4) is 0 Å². The Bertz CT molecular complexity index is 282. The van der Waals surface area contributed by atoms with Gasteiger partial charge >= 0.3 is 0 Å². The summed E-state index contributed by atoms with van der Waals surface area (Å²) in [6.45, 7) is 7.03. The largest absolute Gasteiger partial charge is 0.378 e. The van der Waals surface area contributed by atoms with Crippen LogP contribution in [-0.4, -0.2) is 48.8 Å². The van der Waals surface area contributed by atoms with E-state index in [4.69, 9.17) is 4.74 Å².